The number of rotatable bonds is 15. The van der Waals surface area contributed by atoms with E-state index in [9.17, 15) is 38.7 Å². The molecular formula is C16H26N6O10. The van der Waals surface area contributed by atoms with E-state index in [2.05, 4.69) is 5.32 Å². The number of carbonyl (C=O) groups is 7. The lowest BCUT2D eigenvalue weighted by Crippen LogP contribution is -2.58. The number of aliphatic carboxylic acids is 2. The first-order valence-electron chi connectivity index (χ1n) is 9.07. The molecule has 0 bridgehead atoms. The van der Waals surface area contributed by atoms with E-state index < -0.39 is 97.9 Å². The molecule has 0 aliphatic heterocycles. The third kappa shape index (κ3) is 10.8. The predicted molar refractivity (Wildman–Crippen MR) is 103 cm³/mol. The van der Waals surface area contributed by atoms with E-state index in [1.54, 1.807) is 0 Å². The van der Waals surface area contributed by atoms with Crippen molar-refractivity contribution >= 4 is 41.5 Å². The number of primary amides is 2. The van der Waals surface area contributed by atoms with Crippen LogP contribution < -0.4 is 33.2 Å². The highest BCUT2D eigenvalue weighted by Crippen LogP contribution is 2.02. The molecule has 32 heavy (non-hydrogen) atoms. The number of hydrogen-bond donors (Lipinski definition) is 9. The first-order valence-corrected chi connectivity index (χ1v) is 9.07. The number of aliphatic hydroxyl groups is 1. The minimum Gasteiger partial charge on any atom is -0.481 e. The highest BCUT2D eigenvalue weighted by molar-refractivity contribution is 5.95. The van der Waals surface area contributed by atoms with Crippen LogP contribution in [0.3, 0.4) is 0 Å². The Labute approximate surface area is 180 Å². The summed E-state index contributed by atoms with van der Waals surface area (Å²) < 4.78 is 0. The molecule has 0 aromatic carbocycles. The molecule has 0 radical (unpaired) electrons. The predicted octanol–water partition coefficient (Wildman–Crippen LogP) is -5.54. The number of nitrogens with one attached hydrogen (secondary N) is 3. The van der Waals surface area contributed by atoms with Gasteiger partial charge in [0.2, 0.25) is 29.5 Å². The maximum absolute atomic E-state index is 12.4. The van der Waals surface area contributed by atoms with Crippen molar-refractivity contribution in [1.29, 1.82) is 0 Å². The van der Waals surface area contributed by atoms with E-state index >= 15 is 0 Å². The van der Waals surface area contributed by atoms with Gasteiger partial charge in [0.25, 0.3) is 0 Å². The molecule has 4 unspecified atom stereocenters. The Bertz CT molecular complexity index is 758. The highest BCUT2D eigenvalue weighted by Gasteiger charge is 2.31. The fourth-order valence-corrected chi connectivity index (χ4v) is 2.26. The van der Waals surface area contributed by atoms with Crippen LogP contribution in [-0.4, -0.2) is 87.6 Å². The van der Waals surface area contributed by atoms with Crippen LogP contribution in [0.15, 0.2) is 0 Å². The number of carbonyl (C=O) groups excluding carboxylic acids is 5. The molecular weight excluding hydrogens is 436 g/mol. The molecule has 5 amide bonds. The van der Waals surface area contributed by atoms with E-state index in [1.807, 2.05) is 10.6 Å². The van der Waals surface area contributed by atoms with Crippen LogP contribution in [-0.2, 0) is 33.6 Å². The van der Waals surface area contributed by atoms with Crippen LogP contribution in [0.25, 0.3) is 0 Å². The van der Waals surface area contributed by atoms with Crippen molar-refractivity contribution in [2.45, 2.75) is 49.9 Å². The van der Waals surface area contributed by atoms with Gasteiger partial charge in [0.1, 0.15) is 18.1 Å². The monoisotopic (exact) mass is 462 g/mol. The molecule has 0 fully saturated rings. The Morgan fingerprint density at radius 1 is 0.719 bits per heavy atom. The standard InChI is InChI=1S/C16H26N6O10/c17-6(3-11(19)25)13(28)22-9(5-23)15(30)20-7(1-2-10(18)24)14(29)21-8(16(31)32)4-12(26)27/h6-9,23H,1-5,17H2,(H2,18,24)(H2,19,25)(H,20,30)(H,21,29)(H,22,28)(H,26,27)(H,31,32). The van der Waals surface area contributed by atoms with Crippen LogP contribution in [0.2, 0.25) is 0 Å². The van der Waals surface area contributed by atoms with Crippen molar-refractivity contribution < 1.29 is 48.9 Å². The molecule has 0 aliphatic carbocycles. The summed E-state index contributed by atoms with van der Waals surface area (Å²) in [6.07, 6.45) is -2.34. The minimum atomic E-state index is -1.84. The lowest BCUT2D eigenvalue weighted by molar-refractivity contribution is -0.147. The molecule has 0 aromatic rings. The van der Waals surface area contributed by atoms with Gasteiger partial charge < -0.3 is 48.5 Å². The normalized spacial score (nSPS) is 14.2. The van der Waals surface area contributed by atoms with Crippen LogP contribution in [0, 0.1) is 0 Å². The minimum absolute atomic E-state index is 0.403. The molecule has 16 nitrogen and oxygen atoms in total. The second-order valence-corrected chi connectivity index (χ2v) is 6.58. The molecule has 180 valence electrons. The third-order valence-corrected chi connectivity index (χ3v) is 3.88. The van der Waals surface area contributed by atoms with Crippen LogP contribution in [0.1, 0.15) is 25.7 Å². The second kappa shape index (κ2) is 13.5. The molecule has 0 saturated heterocycles. The smallest absolute Gasteiger partial charge is 0.326 e. The summed E-state index contributed by atoms with van der Waals surface area (Å²) in [5, 5.41) is 33.2. The molecule has 12 N–H and O–H groups in total. The topological polar surface area (TPSA) is 294 Å². The molecule has 0 aromatic heterocycles. The number of carboxylic acids is 2. The van der Waals surface area contributed by atoms with E-state index in [0.29, 0.717) is 0 Å². The summed E-state index contributed by atoms with van der Waals surface area (Å²) in [4.78, 5) is 80.5. The van der Waals surface area contributed by atoms with Gasteiger partial charge in [-0.25, -0.2) is 4.79 Å². The molecule has 0 rings (SSSR count). The quantitative estimate of drug-likeness (QED) is 0.110. The van der Waals surface area contributed by atoms with Crippen molar-refractivity contribution in [1.82, 2.24) is 16.0 Å². The van der Waals surface area contributed by atoms with Gasteiger partial charge in [0.05, 0.1) is 25.5 Å². The van der Waals surface area contributed by atoms with Gasteiger partial charge in [-0.15, -0.1) is 0 Å². The molecule has 0 aliphatic rings. The van der Waals surface area contributed by atoms with Gasteiger partial charge in [0, 0.05) is 6.42 Å². The summed E-state index contributed by atoms with van der Waals surface area (Å²) in [5.74, 6) is -8.22. The lowest BCUT2D eigenvalue weighted by Gasteiger charge is -2.24. The Morgan fingerprint density at radius 3 is 1.66 bits per heavy atom. The van der Waals surface area contributed by atoms with Crippen molar-refractivity contribution in [3.63, 3.8) is 0 Å². The Kier molecular flexibility index (Phi) is 11.9. The zero-order chi connectivity index (χ0) is 25.0. The largest absolute Gasteiger partial charge is 0.481 e. The fourth-order valence-electron chi connectivity index (χ4n) is 2.26. The van der Waals surface area contributed by atoms with Gasteiger partial charge in [-0.05, 0) is 6.42 Å². The van der Waals surface area contributed by atoms with Gasteiger partial charge >= 0.3 is 11.9 Å². The number of amides is 5. The Morgan fingerprint density at radius 2 is 1.22 bits per heavy atom. The number of aliphatic hydroxyl groups excluding tert-OH is 1. The van der Waals surface area contributed by atoms with E-state index in [1.165, 1.54) is 0 Å². The van der Waals surface area contributed by atoms with Gasteiger partial charge in [-0.1, -0.05) is 0 Å². The van der Waals surface area contributed by atoms with E-state index in [4.69, 9.17) is 27.4 Å². The van der Waals surface area contributed by atoms with E-state index in [-0.39, 0.29) is 0 Å². The Hall–Kier alpha value is -3.79. The average Bonchev–Trinajstić information content (AvgIpc) is 2.66. The van der Waals surface area contributed by atoms with Crippen LogP contribution >= 0.6 is 0 Å². The maximum atomic E-state index is 12.4. The zero-order valence-corrected chi connectivity index (χ0v) is 16.8. The van der Waals surface area contributed by atoms with Crippen molar-refractivity contribution in [2.24, 2.45) is 17.2 Å². The van der Waals surface area contributed by atoms with Gasteiger partial charge in [-0.3, -0.25) is 28.8 Å². The highest BCUT2D eigenvalue weighted by atomic mass is 16.4. The summed E-state index contributed by atoms with van der Waals surface area (Å²) in [6.45, 7) is -0.957. The molecule has 0 saturated carbocycles. The number of hydrogen-bond acceptors (Lipinski definition) is 9. The molecule has 4 atom stereocenters. The average molecular weight is 462 g/mol. The number of nitrogens with two attached hydrogens (primary N) is 3. The maximum Gasteiger partial charge on any atom is 0.326 e. The third-order valence-electron chi connectivity index (χ3n) is 3.88. The summed E-state index contributed by atoms with van der Waals surface area (Å²) in [5.41, 5.74) is 15.4. The number of carboxylic acid groups (broad SMARTS) is 2. The molecule has 16 heteroatoms. The lowest BCUT2D eigenvalue weighted by atomic mass is 10.1. The second-order valence-electron chi connectivity index (χ2n) is 6.58. The summed E-state index contributed by atoms with van der Waals surface area (Å²) in [6, 6.07) is -6.47. The van der Waals surface area contributed by atoms with Crippen molar-refractivity contribution in [3.8, 4) is 0 Å². The SMILES string of the molecule is NC(=O)CCC(NC(=O)C(CO)NC(=O)C(N)CC(N)=O)C(=O)NC(CC(=O)O)C(=O)O. The van der Waals surface area contributed by atoms with Gasteiger partial charge in [0.15, 0.2) is 0 Å². The Balaban J connectivity index is 5.37. The first-order chi connectivity index (χ1) is 14.8. The zero-order valence-electron chi connectivity index (χ0n) is 16.8. The summed E-state index contributed by atoms with van der Waals surface area (Å²) in [7, 11) is 0. The van der Waals surface area contributed by atoms with Crippen molar-refractivity contribution in [2.75, 3.05) is 6.61 Å². The van der Waals surface area contributed by atoms with Gasteiger partial charge in [-0.2, -0.15) is 0 Å². The van der Waals surface area contributed by atoms with Crippen LogP contribution in [0.4, 0.5) is 0 Å². The van der Waals surface area contributed by atoms with Crippen LogP contribution in [0.5, 0.6) is 0 Å². The fraction of sp³-hybridized carbons (Fsp3) is 0.562. The summed E-state index contributed by atoms with van der Waals surface area (Å²) >= 11 is 0. The molecule has 0 heterocycles. The first kappa shape index (κ1) is 28.2. The van der Waals surface area contributed by atoms with Crippen molar-refractivity contribution in [3.05, 3.63) is 0 Å². The molecule has 0 spiro atoms. The van der Waals surface area contributed by atoms with E-state index in [0.717, 1.165) is 0 Å².